The highest BCUT2D eigenvalue weighted by Gasteiger charge is 2.33. The first-order valence-corrected chi connectivity index (χ1v) is 19.4. The molecule has 356 valence electrons. The quantitative estimate of drug-likeness (QED) is 0.0977. The van der Waals surface area contributed by atoms with E-state index < -0.39 is 115 Å². The van der Waals surface area contributed by atoms with Crippen molar-refractivity contribution < 1.29 is 94.8 Å². The Morgan fingerprint density at radius 2 is 0.407 bits per heavy atom. The van der Waals surface area contributed by atoms with E-state index in [1.807, 2.05) is 0 Å². The van der Waals surface area contributed by atoms with Gasteiger partial charge < -0.3 is 66.0 Å². The average molecular weight is 975 g/mol. The Kier molecular flexibility index (Phi) is 39.5. The minimum Gasteiger partial charge on any atom is -0.480 e. The van der Waals surface area contributed by atoms with E-state index in [1.54, 1.807) is 0 Å². The van der Waals surface area contributed by atoms with Crippen molar-refractivity contribution in [3.05, 3.63) is 0 Å². The molecule has 0 atom stereocenters. The zero-order valence-corrected chi connectivity index (χ0v) is 40.9. The monoisotopic (exact) mass is 974 g/mol. The van der Waals surface area contributed by atoms with Gasteiger partial charge in [-0.1, -0.05) is 0 Å². The summed E-state index contributed by atoms with van der Waals surface area (Å²) in [5, 5.41) is 103. The number of thiol groups is 6. The summed E-state index contributed by atoms with van der Waals surface area (Å²) in [6.45, 7) is 15.3. The molecular weight excluding hydrogens is 905 g/mol. The van der Waals surface area contributed by atoms with E-state index in [1.165, 1.54) is 83.1 Å². The Hall–Kier alpha value is -1.36. The molecule has 0 aromatic carbocycles. The van der Waals surface area contributed by atoms with Gasteiger partial charge in [0, 0.05) is 0 Å². The third-order valence-electron chi connectivity index (χ3n) is 5.97. The molecule has 0 saturated heterocycles. The Balaban J connectivity index is -0.000000112. The average Bonchev–Trinajstić information content (AvgIpc) is 3.04. The van der Waals surface area contributed by atoms with Crippen molar-refractivity contribution in [3.63, 3.8) is 0 Å². The van der Waals surface area contributed by atoms with E-state index in [9.17, 15) is 28.8 Å². The lowest BCUT2D eigenvalue weighted by molar-refractivity contribution is -0.139. The van der Waals surface area contributed by atoms with Crippen LogP contribution >= 0.6 is 75.8 Å². The molecule has 0 bridgehead atoms. The molecule has 59 heavy (non-hydrogen) atoms. The van der Waals surface area contributed by atoms with Gasteiger partial charge in [-0.25, -0.2) is 0 Å². The maximum atomic E-state index is 9.94. The number of hydrogen-bond donors (Lipinski definition) is 18. The Morgan fingerprint density at radius 3 is 0.458 bits per heavy atom. The number of hydrogen-bond acceptors (Lipinski definition) is 19. The van der Waals surface area contributed by atoms with E-state index >= 15 is 0 Å². The summed E-state index contributed by atoms with van der Waals surface area (Å²) < 4.78 is -0.183. The first-order chi connectivity index (χ1) is 25.7. The normalized spacial score (nSPS) is 11.8. The molecule has 0 fully saturated rings. The maximum absolute atomic E-state index is 9.94. The molecule has 0 aliphatic carbocycles. The molecular formula is C34H70O19S6. The summed E-state index contributed by atoms with van der Waals surface area (Å²) in [6.07, 6.45) is 0. The number of ether oxygens (including phenoxy) is 1. The summed E-state index contributed by atoms with van der Waals surface area (Å²) in [6, 6.07) is 0. The van der Waals surface area contributed by atoms with Crippen LogP contribution in [0.5, 0.6) is 0 Å². The number of carboxylic acid groups (broad SMARTS) is 6. The lowest BCUT2D eigenvalue weighted by atomic mass is 9.91. The third-order valence-corrected chi connectivity index (χ3v) is 7.12. The Morgan fingerprint density at radius 1 is 0.322 bits per heavy atom. The van der Waals surface area contributed by atoms with Gasteiger partial charge in [-0.15, -0.1) is 0 Å². The van der Waals surface area contributed by atoms with Crippen molar-refractivity contribution in [1.82, 2.24) is 0 Å². The number of rotatable bonds is 16. The van der Waals surface area contributed by atoms with Crippen molar-refractivity contribution >= 4 is 112 Å². The van der Waals surface area contributed by atoms with Gasteiger partial charge in [0.15, 0.2) is 0 Å². The zero-order valence-electron chi connectivity index (χ0n) is 35.6. The Bertz CT molecular complexity index is 978. The van der Waals surface area contributed by atoms with E-state index in [0.717, 1.165) is 0 Å². The van der Waals surface area contributed by atoms with Gasteiger partial charge in [-0.3, -0.25) is 28.8 Å². The minimum atomic E-state index is -1.16. The van der Waals surface area contributed by atoms with Gasteiger partial charge >= 0.3 is 35.8 Å². The Labute approximate surface area is 379 Å². The van der Waals surface area contributed by atoms with Crippen LogP contribution < -0.4 is 0 Å². The van der Waals surface area contributed by atoms with E-state index in [4.69, 9.17) is 66.0 Å². The van der Waals surface area contributed by atoms with E-state index in [2.05, 4.69) is 75.8 Å². The highest BCUT2D eigenvalue weighted by Crippen LogP contribution is 2.20. The first kappa shape index (κ1) is 72.1. The van der Waals surface area contributed by atoms with Crippen LogP contribution in [-0.2, 0) is 33.5 Å². The number of carboxylic acids is 6. The lowest BCUT2D eigenvalue weighted by Crippen LogP contribution is -2.43. The second kappa shape index (κ2) is 32.3. The second-order valence-electron chi connectivity index (χ2n) is 15.6. The number of aliphatic carboxylic acids is 6. The molecule has 0 radical (unpaired) electrons. The SMILES string of the molecule is CC(C)(S)C(=O)O.CC(C)(S)C(=O)O.CC(C)(S)C(=O)O.CC(C)(S)C(=O)O.CC(C)(S)C(=O)O.CC(C)(S)C(=O)O.OCC(CO)(CO)COCC(CO)(CO)CO. The molecule has 0 rings (SSSR count). The molecule has 0 aromatic rings. The molecule has 25 heteroatoms. The van der Waals surface area contributed by atoms with Crippen LogP contribution in [0.25, 0.3) is 0 Å². The zero-order chi connectivity index (χ0) is 49.8. The molecule has 0 spiro atoms. The summed E-state index contributed by atoms with van der Waals surface area (Å²) in [5.41, 5.74) is -2.32. The van der Waals surface area contributed by atoms with Crippen molar-refractivity contribution in [3.8, 4) is 0 Å². The molecule has 19 nitrogen and oxygen atoms in total. The summed E-state index contributed by atoms with van der Waals surface area (Å²) in [7, 11) is 0. The van der Waals surface area contributed by atoms with E-state index in [-0.39, 0.29) is 13.2 Å². The molecule has 0 aliphatic rings. The summed E-state index contributed by atoms with van der Waals surface area (Å²) >= 11 is 22.5. The largest absolute Gasteiger partial charge is 0.480 e. The second-order valence-corrected chi connectivity index (χ2v) is 22.3. The summed E-state index contributed by atoms with van der Waals surface area (Å²) in [4.78, 5) is 59.7. The minimum absolute atomic E-state index is 0.141. The number of aliphatic hydroxyl groups excluding tert-OH is 6. The van der Waals surface area contributed by atoms with Gasteiger partial charge in [0.25, 0.3) is 0 Å². The predicted molar refractivity (Wildman–Crippen MR) is 242 cm³/mol. The van der Waals surface area contributed by atoms with Crippen LogP contribution in [0.1, 0.15) is 83.1 Å². The van der Waals surface area contributed by atoms with Crippen LogP contribution in [-0.4, -0.2) is 178 Å². The van der Waals surface area contributed by atoms with Crippen molar-refractivity contribution in [2.24, 2.45) is 10.8 Å². The van der Waals surface area contributed by atoms with Crippen LogP contribution in [0.3, 0.4) is 0 Å². The maximum Gasteiger partial charge on any atom is 0.318 e. The van der Waals surface area contributed by atoms with Crippen molar-refractivity contribution in [2.45, 2.75) is 112 Å². The highest BCUT2D eigenvalue weighted by atomic mass is 32.1. The van der Waals surface area contributed by atoms with Crippen molar-refractivity contribution in [1.29, 1.82) is 0 Å². The lowest BCUT2D eigenvalue weighted by Gasteiger charge is -2.31. The van der Waals surface area contributed by atoms with Gasteiger partial charge in [0.2, 0.25) is 0 Å². The van der Waals surface area contributed by atoms with Crippen LogP contribution in [0.4, 0.5) is 0 Å². The fourth-order valence-corrected chi connectivity index (χ4v) is 1.06. The molecule has 0 heterocycles. The third kappa shape index (κ3) is 46.0. The first-order valence-electron chi connectivity index (χ1n) is 16.7. The van der Waals surface area contributed by atoms with Gasteiger partial charge in [0.1, 0.15) is 28.5 Å². The standard InChI is InChI=1S/C10H22O7.6C4H8O2S/c11-1-9(2-12,3-13)7-17-8-10(4-14,5-15)6-16;6*1-4(2,7)3(5)6/h11-16H,1-8H2;6*7H,1-2H3,(H,5,6). The topological polar surface area (TPSA) is 354 Å². The van der Waals surface area contributed by atoms with Gasteiger partial charge in [-0.2, -0.15) is 75.8 Å². The summed E-state index contributed by atoms with van der Waals surface area (Å²) in [5.74, 6) is -5.36. The van der Waals surface area contributed by atoms with Crippen LogP contribution in [0.15, 0.2) is 0 Å². The molecule has 0 unspecified atom stereocenters. The van der Waals surface area contributed by atoms with E-state index in [0.29, 0.717) is 0 Å². The predicted octanol–water partition coefficient (Wildman–Crippen LogP) is 1.61. The van der Waals surface area contributed by atoms with Gasteiger partial charge in [0.05, 0.1) is 63.7 Å². The smallest absolute Gasteiger partial charge is 0.318 e. The van der Waals surface area contributed by atoms with Gasteiger partial charge in [-0.05, 0) is 83.1 Å². The molecule has 0 amide bonds. The molecule has 12 N–H and O–H groups in total. The van der Waals surface area contributed by atoms with Crippen LogP contribution in [0.2, 0.25) is 0 Å². The van der Waals surface area contributed by atoms with Crippen LogP contribution in [0, 0.1) is 10.8 Å². The number of carbonyl (C=O) groups is 6. The molecule has 0 saturated carbocycles. The molecule has 0 aromatic heterocycles. The number of aliphatic hydroxyl groups is 6. The fraction of sp³-hybridized carbons (Fsp3) is 0.824. The molecule has 0 aliphatic heterocycles. The fourth-order valence-electron chi connectivity index (χ4n) is 1.06. The highest BCUT2D eigenvalue weighted by molar-refractivity contribution is 7.83. The van der Waals surface area contributed by atoms with Crippen molar-refractivity contribution in [2.75, 3.05) is 52.9 Å².